The number of amides is 2. The van der Waals surface area contributed by atoms with Crippen LogP contribution in [-0.4, -0.2) is 64.9 Å². The van der Waals surface area contributed by atoms with Gasteiger partial charge in [-0.15, -0.1) is 0 Å². The number of rotatable bonds is 15. The summed E-state index contributed by atoms with van der Waals surface area (Å²) in [4.78, 5) is 41.2. The Morgan fingerprint density at radius 3 is 1.68 bits per heavy atom. The van der Waals surface area contributed by atoms with Crippen LogP contribution in [0.3, 0.4) is 0 Å². The average Bonchev–Trinajstić information content (AvgIpc) is 2.99. The molecule has 2 unspecified atom stereocenters. The lowest BCUT2D eigenvalue weighted by Crippen LogP contribution is -2.60. The lowest BCUT2D eigenvalue weighted by atomic mass is 10.0. The first-order chi connectivity index (χ1) is 19.9. The van der Waals surface area contributed by atoms with E-state index in [1.165, 1.54) is 0 Å². The number of hydrogen-bond donors (Lipinski definition) is 2. The normalized spacial score (nSPS) is 13.1. The number of nitrogens with zero attached hydrogens (tertiary/aromatic N) is 1. The maximum atomic E-state index is 16.6. The largest absolute Gasteiger partial charge is 0.460 e. The highest BCUT2D eigenvalue weighted by atomic mass is 79.9. The van der Waals surface area contributed by atoms with E-state index < -0.39 is 36.2 Å². The molecule has 0 bridgehead atoms. The van der Waals surface area contributed by atoms with Gasteiger partial charge in [-0.3, -0.25) is 9.69 Å². The quantitative estimate of drug-likeness (QED) is 0.162. The van der Waals surface area contributed by atoms with E-state index >= 15 is 4.39 Å². The molecule has 2 N–H and O–H groups in total. The number of alkyl halides is 3. The third-order valence-electron chi connectivity index (χ3n) is 6.02. The maximum Gasteiger partial charge on any atom is 0.332 e. The number of hydrogen-bond acceptors (Lipinski definition) is 6. The first-order valence-corrected chi connectivity index (χ1v) is 15.2. The molecule has 0 heterocycles. The molecule has 0 saturated heterocycles. The van der Waals surface area contributed by atoms with Crippen LogP contribution in [0.5, 0.6) is 0 Å². The molecule has 41 heavy (non-hydrogen) atoms. The van der Waals surface area contributed by atoms with Crippen molar-refractivity contribution < 1.29 is 28.2 Å². The fraction of sp³-hybridized carbons (Fsp3) is 0.300. The zero-order chi connectivity index (χ0) is 29.5. The zero-order valence-electron chi connectivity index (χ0n) is 22.3. The van der Waals surface area contributed by atoms with Crippen LogP contribution >= 0.6 is 31.9 Å². The lowest BCUT2D eigenvalue weighted by Gasteiger charge is -2.34. The maximum absolute atomic E-state index is 16.6. The summed E-state index contributed by atoms with van der Waals surface area (Å²) >= 11 is 6.71. The molecule has 3 atom stereocenters. The molecule has 0 saturated carbocycles. The van der Waals surface area contributed by atoms with Crippen molar-refractivity contribution in [3.8, 4) is 0 Å². The van der Waals surface area contributed by atoms with Crippen molar-refractivity contribution in [3.05, 3.63) is 102 Å². The summed E-state index contributed by atoms with van der Waals surface area (Å²) in [6, 6.07) is 22.2. The molecule has 3 aromatic rings. The van der Waals surface area contributed by atoms with Crippen LogP contribution in [0.15, 0.2) is 91.0 Å². The van der Waals surface area contributed by atoms with Gasteiger partial charge in [0, 0.05) is 29.4 Å². The van der Waals surface area contributed by atoms with Gasteiger partial charge in [0.05, 0.1) is 0 Å². The van der Waals surface area contributed by atoms with E-state index in [0.717, 1.165) is 5.56 Å². The van der Waals surface area contributed by atoms with Gasteiger partial charge >= 0.3 is 18.0 Å². The van der Waals surface area contributed by atoms with Crippen LogP contribution in [0.25, 0.3) is 0 Å². The predicted octanol–water partition coefficient (Wildman–Crippen LogP) is 5.46. The number of carbonyl (C=O) groups is 3. The SMILES string of the molecule is O=C(Nc1ccccc1)N[C@H](C(=O)OCc1ccccc1)C(F)C(C(=O)OCc1ccccc1)N(CCBr)CCBr. The number of carbonyl (C=O) groups excluding carboxylic acids is 3. The fourth-order valence-corrected chi connectivity index (χ4v) is 4.91. The molecule has 3 rings (SSSR count). The number of para-hydroxylation sites is 1. The molecule has 0 fully saturated rings. The van der Waals surface area contributed by atoms with Crippen molar-refractivity contribution in [2.45, 2.75) is 31.5 Å². The third-order valence-corrected chi connectivity index (χ3v) is 6.73. The summed E-state index contributed by atoms with van der Waals surface area (Å²) in [5.74, 6) is -1.89. The minimum absolute atomic E-state index is 0.0790. The average molecular weight is 693 g/mol. The van der Waals surface area contributed by atoms with Gasteiger partial charge in [-0.05, 0) is 23.3 Å². The zero-order valence-corrected chi connectivity index (χ0v) is 25.4. The first-order valence-electron chi connectivity index (χ1n) is 13.0. The number of halogens is 3. The van der Waals surface area contributed by atoms with E-state index in [0.29, 0.717) is 21.9 Å². The highest BCUT2D eigenvalue weighted by molar-refractivity contribution is 9.09. The van der Waals surface area contributed by atoms with Crippen LogP contribution in [-0.2, 0) is 32.3 Å². The van der Waals surface area contributed by atoms with Crippen molar-refractivity contribution >= 4 is 55.5 Å². The molecule has 0 aliphatic rings. The number of urea groups is 1. The molecule has 0 radical (unpaired) electrons. The van der Waals surface area contributed by atoms with Crippen LogP contribution in [0.1, 0.15) is 11.1 Å². The van der Waals surface area contributed by atoms with E-state index in [1.54, 1.807) is 83.8 Å². The van der Waals surface area contributed by atoms with Gasteiger partial charge in [0.15, 0.2) is 12.2 Å². The van der Waals surface area contributed by atoms with Crippen LogP contribution < -0.4 is 10.6 Å². The van der Waals surface area contributed by atoms with E-state index in [2.05, 4.69) is 42.5 Å². The Labute approximate surface area is 255 Å². The van der Waals surface area contributed by atoms with Gasteiger partial charge in [0.2, 0.25) is 0 Å². The van der Waals surface area contributed by atoms with Crippen molar-refractivity contribution in [2.75, 3.05) is 29.1 Å². The lowest BCUT2D eigenvalue weighted by molar-refractivity contribution is -0.158. The predicted molar refractivity (Wildman–Crippen MR) is 163 cm³/mol. The van der Waals surface area contributed by atoms with Crippen LogP contribution in [0.2, 0.25) is 0 Å². The van der Waals surface area contributed by atoms with Gasteiger partial charge in [0.25, 0.3) is 0 Å². The second-order valence-electron chi connectivity index (χ2n) is 8.93. The molecule has 8 nitrogen and oxygen atoms in total. The number of ether oxygens (including phenoxy) is 2. The molecular formula is C30H32Br2FN3O5. The number of esters is 2. The summed E-state index contributed by atoms with van der Waals surface area (Å²) in [5, 5.41) is 5.83. The van der Waals surface area contributed by atoms with E-state index in [4.69, 9.17) is 9.47 Å². The van der Waals surface area contributed by atoms with Gasteiger partial charge in [-0.2, -0.15) is 0 Å². The summed E-state index contributed by atoms with van der Waals surface area (Å²) < 4.78 is 27.5. The fourth-order valence-electron chi connectivity index (χ4n) is 4.00. The second-order valence-corrected chi connectivity index (χ2v) is 10.5. The third kappa shape index (κ3) is 10.6. The number of benzene rings is 3. The number of nitrogens with one attached hydrogen (secondary N) is 2. The summed E-state index contributed by atoms with van der Waals surface area (Å²) in [6.45, 7) is 0.336. The molecule has 0 aromatic heterocycles. The van der Waals surface area contributed by atoms with E-state index in [-0.39, 0.29) is 26.3 Å². The summed E-state index contributed by atoms with van der Waals surface area (Å²) in [7, 11) is 0. The molecular weight excluding hydrogens is 661 g/mol. The topological polar surface area (TPSA) is 97.0 Å². The Kier molecular flexibility index (Phi) is 13.8. The smallest absolute Gasteiger partial charge is 0.332 e. The Hall–Kier alpha value is -3.28. The van der Waals surface area contributed by atoms with Gasteiger partial charge < -0.3 is 20.1 Å². The van der Waals surface area contributed by atoms with Crippen molar-refractivity contribution in [1.82, 2.24) is 10.2 Å². The molecule has 2 amide bonds. The first kappa shape index (κ1) is 32.2. The van der Waals surface area contributed by atoms with Gasteiger partial charge in [0.1, 0.15) is 19.3 Å². The van der Waals surface area contributed by atoms with Crippen molar-refractivity contribution in [1.29, 1.82) is 0 Å². The summed E-state index contributed by atoms with van der Waals surface area (Å²) in [6.07, 6.45) is -2.21. The standard InChI is InChI=1S/C30H32Br2FN3O5/c31-16-18-36(19-17-32)27(29(38)41-21-23-12-6-2-7-13-23)25(33)26(28(37)40-20-22-10-4-1-5-11-22)35-30(39)34-24-14-8-3-9-15-24/h1-15,25-27H,16-21H2,(H2,34,35,39)/t25?,26-,27?/m0/s1. The molecule has 0 aliphatic carbocycles. The molecule has 11 heteroatoms. The van der Waals surface area contributed by atoms with Crippen LogP contribution in [0, 0.1) is 0 Å². The van der Waals surface area contributed by atoms with E-state index in [1.807, 2.05) is 12.1 Å². The van der Waals surface area contributed by atoms with Crippen LogP contribution in [0.4, 0.5) is 14.9 Å². The Balaban J connectivity index is 1.87. The minimum atomic E-state index is -2.21. The molecule has 0 spiro atoms. The highest BCUT2D eigenvalue weighted by Gasteiger charge is 2.44. The Bertz CT molecular complexity index is 1220. The van der Waals surface area contributed by atoms with E-state index in [9.17, 15) is 14.4 Å². The van der Waals surface area contributed by atoms with Crippen molar-refractivity contribution in [3.63, 3.8) is 0 Å². The monoisotopic (exact) mass is 691 g/mol. The minimum Gasteiger partial charge on any atom is -0.460 e. The second kappa shape index (κ2) is 17.5. The number of anilines is 1. The molecule has 0 aliphatic heterocycles. The Morgan fingerprint density at radius 2 is 1.20 bits per heavy atom. The molecule has 3 aromatic carbocycles. The van der Waals surface area contributed by atoms with Gasteiger partial charge in [-0.25, -0.2) is 14.0 Å². The Morgan fingerprint density at radius 1 is 0.732 bits per heavy atom. The van der Waals surface area contributed by atoms with Crippen molar-refractivity contribution in [2.24, 2.45) is 0 Å². The van der Waals surface area contributed by atoms with Gasteiger partial charge in [-0.1, -0.05) is 111 Å². The molecule has 218 valence electrons. The summed E-state index contributed by atoms with van der Waals surface area (Å²) in [5.41, 5.74) is 1.85. The highest BCUT2D eigenvalue weighted by Crippen LogP contribution is 2.19.